The summed E-state index contributed by atoms with van der Waals surface area (Å²) in [5, 5.41) is 21.2. The molecule has 0 spiro atoms. The zero-order valence-corrected chi connectivity index (χ0v) is 22.1. The van der Waals surface area contributed by atoms with Gasteiger partial charge in [-0.3, -0.25) is 0 Å². The van der Waals surface area contributed by atoms with Gasteiger partial charge in [0.15, 0.2) is 0 Å². The third-order valence-electron chi connectivity index (χ3n) is 8.33. The fraction of sp³-hybridized carbons (Fsp3) is 0.382. The van der Waals surface area contributed by atoms with Crippen molar-refractivity contribution in [3.8, 4) is 16.9 Å². The number of esters is 1. The molecule has 0 radical (unpaired) electrons. The van der Waals surface area contributed by atoms with Gasteiger partial charge in [-0.25, -0.2) is 4.79 Å². The van der Waals surface area contributed by atoms with E-state index in [9.17, 15) is 15.0 Å². The van der Waals surface area contributed by atoms with Crippen LogP contribution < -0.4 is 4.74 Å². The normalized spacial score (nSPS) is 23.1. The molecule has 0 saturated heterocycles. The van der Waals surface area contributed by atoms with Crippen molar-refractivity contribution in [1.29, 1.82) is 0 Å². The van der Waals surface area contributed by atoms with Crippen LogP contribution in [0.5, 0.6) is 5.75 Å². The number of rotatable bonds is 9. The molecule has 4 heteroatoms. The lowest BCUT2D eigenvalue weighted by Gasteiger charge is -2.31. The first kappa shape index (κ1) is 26.4. The van der Waals surface area contributed by atoms with E-state index in [1.54, 1.807) is 0 Å². The van der Waals surface area contributed by atoms with E-state index < -0.39 is 12.2 Å². The van der Waals surface area contributed by atoms with Gasteiger partial charge in [0.25, 0.3) is 0 Å². The number of benzene rings is 3. The zero-order chi connectivity index (χ0) is 26.5. The number of aliphatic hydroxyl groups is 2. The van der Waals surface area contributed by atoms with Gasteiger partial charge in [0.2, 0.25) is 0 Å². The highest BCUT2D eigenvalue weighted by atomic mass is 16.5. The smallest absolute Gasteiger partial charge is 0.343 e. The maximum Gasteiger partial charge on any atom is 0.343 e. The molecule has 0 amide bonds. The molecule has 2 aliphatic carbocycles. The minimum absolute atomic E-state index is 0.0447. The van der Waals surface area contributed by atoms with Crippen LogP contribution in [0.15, 0.2) is 84.9 Å². The Balaban J connectivity index is 1.27. The summed E-state index contributed by atoms with van der Waals surface area (Å²) in [5.74, 6) is 0.966. The summed E-state index contributed by atoms with van der Waals surface area (Å²) in [4.78, 5) is 13.0. The van der Waals surface area contributed by atoms with Crippen molar-refractivity contribution in [3.05, 3.63) is 102 Å². The van der Waals surface area contributed by atoms with Crippen molar-refractivity contribution in [3.63, 3.8) is 0 Å². The largest absolute Gasteiger partial charge is 0.423 e. The van der Waals surface area contributed by atoms with Gasteiger partial charge in [-0.2, -0.15) is 0 Å². The molecular formula is C34H38O4. The number of carbonyl (C=O) groups excluding carboxylic acids is 1. The first-order chi connectivity index (χ1) is 18.5. The highest BCUT2D eigenvalue weighted by molar-refractivity contribution is 5.91. The van der Waals surface area contributed by atoms with Crippen molar-refractivity contribution in [2.75, 3.05) is 0 Å². The van der Waals surface area contributed by atoms with Gasteiger partial charge in [0.1, 0.15) is 5.75 Å². The van der Waals surface area contributed by atoms with Gasteiger partial charge < -0.3 is 14.9 Å². The van der Waals surface area contributed by atoms with Crippen molar-refractivity contribution in [2.45, 2.75) is 64.1 Å². The molecular weight excluding hydrogens is 472 g/mol. The highest BCUT2D eigenvalue weighted by Gasteiger charge is 2.44. The zero-order valence-electron chi connectivity index (χ0n) is 22.1. The van der Waals surface area contributed by atoms with E-state index in [-0.39, 0.29) is 11.9 Å². The fourth-order valence-electron chi connectivity index (χ4n) is 6.24. The monoisotopic (exact) mass is 510 g/mol. The number of aliphatic hydroxyl groups excluding tert-OH is 2. The van der Waals surface area contributed by atoms with Gasteiger partial charge in [-0.05, 0) is 78.0 Å². The summed E-state index contributed by atoms with van der Waals surface area (Å²) in [6.45, 7) is 2.16. The van der Waals surface area contributed by atoms with Crippen LogP contribution in [0.25, 0.3) is 11.1 Å². The third-order valence-corrected chi connectivity index (χ3v) is 8.33. The Hall–Kier alpha value is -3.21. The first-order valence-electron chi connectivity index (χ1n) is 14.1. The number of fused-ring (bicyclic) bond motifs is 2. The summed E-state index contributed by atoms with van der Waals surface area (Å²) >= 11 is 0. The average molecular weight is 511 g/mol. The van der Waals surface area contributed by atoms with E-state index in [0.717, 1.165) is 61.6 Å². The third kappa shape index (κ3) is 5.92. The van der Waals surface area contributed by atoms with E-state index in [4.69, 9.17) is 4.74 Å². The number of hydrogen-bond acceptors (Lipinski definition) is 4. The van der Waals surface area contributed by atoms with Crippen molar-refractivity contribution < 1.29 is 19.7 Å². The minimum atomic E-state index is -0.448. The fourth-order valence-corrected chi connectivity index (χ4v) is 6.24. The summed E-state index contributed by atoms with van der Waals surface area (Å²) in [6.07, 6.45) is 9.51. The summed E-state index contributed by atoms with van der Waals surface area (Å²) < 4.78 is 5.92. The van der Waals surface area contributed by atoms with E-state index in [2.05, 4.69) is 19.1 Å². The Bertz CT molecular complexity index is 1250. The van der Waals surface area contributed by atoms with Crippen LogP contribution in [0.4, 0.5) is 0 Å². The lowest BCUT2D eigenvalue weighted by molar-refractivity contribution is 0.0731. The van der Waals surface area contributed by atoms with Crippen LogP contribution >= 0.6 is 0 Å². The van der Waals surface area contributed by atoms with Gasteiger partial charge in [0.05, 0.1) is 17.8 Å². The molecule has 1 fully saturated rings. The van der Waals surface area contributed by atoms with Crippen LogP contribution in [0.2, 0.25) is 0 Å². The molecule has 38 heavy (non-hydrogen) atoms. The van der Waals surface area contributed by atoms with Crippen LogP contribution in [0.1, 0.15) is 60.5 Å². The van der Waals surface area contributed by atoms with E-state index >= 15 is 0 Å². The summed E-state index contributed by atoms with van der Waals surface area (Å²) in [5.41, 5.74) is 4.96. The molecule has 0 aliphatic heterocycles. The lowest BCUT2D eigenvalue weighted by Crippen LogP contribution is -2.26. The summed E-state index contributed by atoms with van der Waals surface area (Å²) in [7, 11) is 0. The molecule has 0 unspecified atom stereocenters. The SMILES string of the molecule is CCCCC[C@H](O)/C=C/[C@@H]1[C@H]2Cc3cccc(OC(=O)c4ccc(-c5ccccc5)cc4)c3C[C@H]2C[C@H]1O. The van der Waals surface area contributed by atoms with Crippen molar-refractivity contribution in [1.82, 2.24) is 0 Å². The molecule has 0 aromatic heterocycles. The number of unbranched alkanes of at least 4 members (excludes halogenated alkanes) is 2. The van der Waals surface area contributed by atoms with Crippen LogP contribution in [0.3, 0.4) is 0 Å². The molecule has 2 aliphatic rings. The van der Waals surface area contributed by atoms with Gasteiger partial charge >= 0.3 is 5.97 Å². The minimum Gasteiger partial charge on any atom is -0.423 e. The maximum absolute atomic E-state index is 13.0. The molecule has 4 nitrogen and oxygen atoms in total. The van der Waals surface area contributed by atoms with E-state index in [0.29, 0.717) is 23.1 Å². The Kier molecular flexibility index (Phi) is 8.41. The van der Waals surface area contributed by atoms with Crippen LogP contribution in [-0.4, -0.2) is 28.4 Å². The van der Waals surface area contributed by atoms with Gasteiger partial charge in [0, 0.05) is 5.92 Å². The quantitative estimate of drug-likeness (QED) is 0.144. The first-order valence-corrected chi connectivity index (χ1v) is 14.1. The molecule has 3 aromatic carbocycles. The Morgan fingerprint density at radius 1 is 0.974 bits per heavy atom. The van der Waals surface area contributed by atoms with Crippen molar-refractivity contribution in [2.24, 2.45) is 17.8 Å². The Morgan fingerprint density at radius 2 is 1.74 bits per heavy atom. The topological polar surface area (TPSA) is 66.8 Å². The van der Waals surface area contributed by atoms with Gasteiger partial charge in [-0.15, -0.1) is 0 Å². The molecule has 198 valence electrons. The molecule has 5 rings (SSSR count). The van der Waals surface area contributed by atoms with Gasteiger partial charge in [-0.1, -0.05) is 92.9 Å². The molecule has 1 saturated carbocycles. The lowest BCUT2D eigenvalue weighted by atomic mass is 9.74. The van der Waals surface area contributed by atoms with Crippen LogP contribution in [-0.2, 0) is 12.8 Å². The number of ether oxygens (including phenoxy) is 1. The Labute approximate surface area is 226 Å². The predicted octanol–water partition coefficient (Wildman–Crippen LogP) is 6.78. The summed E-state index contributed by atoms with van der Waals surface area (Å²) in [6, 6.07) is 23.6. The highest BCUT2D eigenvalue weighted by Crippen LogP contribution is 2.47. The Morgan fingerprint density at radius 3 is 2.50 bits per heavy atom. The average Bonchev–Trinajstić information content (AvgIpc) is 3.25. The molecule has 3 aromatic rings. The molecule has 2 N–H and O–H groups in total. The van der Waals surface area contributed by atoms with Crippen molar-refractivity contribution >= 4 is 5.97 Å². The van der Waals surface area contributed by atoms with Crippen LogP contribution in [0, 0.1) is 17.8 Å². The second kappa shape index (κ2) is 12.1. The predicted molar refractivity (Wildman–Crippen MR) is 151 cm³/mol. The number of carbonyl (C=O) groups is 1. The number of hydrogen-bond donors (Lipinski definition) is 2. The molecule has 0 heterocycles. The molecule has 5 atom stereocenters. The van der Waals surface area contributed by atoms with E-state index in [1.165, 1.54) is 5.56 Å². The second-order valence-corrected chi connectivity index (χ2v) is 10.9. The second-order valence-electron chi connectivity index (χ2n) is 10.9. The maximum atomic E-state index is 13.0. The molecule has 0 bridgehead atoms. The van der Waals surface area contributed by atoms with E-state index in [1.807, 2.05) is 72.8 Å². The standard InChI is InChI=1S/C34H38O4/c1-2-3-5-12-28(35)18-19-29-30-20-26-11-8-13-33(31(26)21-27(30)22-32(29)36)38-34(37)25-16-14-24(15-17-25)23-9-6-4-7-10-23/h4,6-11,13-19,27-30,32,35-36H,2-3,5,12,20-22H2,1H3/b19-18+/t27-,28-,29+,30-,32+/m0/s1.